The summed E-state index contributed by atoms with van der Waals surface area (Å²) in [5, 5.41) is 12.2. The molecular weight excluding hydrogens is 226 g/mol. The van der Waals surface area contributed by atoms with E-state index in [9.17, 15) is 4.79 Å². The van der Waals surface area contributed by atoms with Crippen LogP contribution in [0.25, 0.3) is 0 Å². The molecule has 1 aliphatic heterocycles. The van der Waals surface area contributed by atoms with Gasteiger partial charge in [-0.1, -0.05) is 12.8 Å². The van der Waals surface area contributed by atoms with Crippen molar-refractivity contribution in [2.24, 2.45) is 0 Å². The van der Waals surface area contributed by atoms with E-state index in [4.69, 9.17) is 9.52 Å². The summed E-state index contributed by atoms with van der Waals surface area (Å²) in [6.45, 7) is 0.852. The number of thioether (sulfide) groups is 1. The van der Waals surface area contributed by atoms with Gasteiger partial charge in [0.15, 0.2) is 0 Å². The van der Waals surface area contributed by atoms with E-state index in [2.05, 4.69) is 5.32 Å². The molecule has 1 aromatic rings. The number of rotatable bonds is 1. The molecule has 4 nitrogen and oxygen atoms in total. The van der Waals surface area contributed by atoms with Crippen LogP contribution in [-0.4, -0.2) is 22.4 Å². The fourth-order valence-corrected chi connectivity index (χ4v) is 4.03. The Kier molecular flexibility index (Phi) is 2.17. The highest BCUT2D eigenvalue weighted by molar-refractivity contribution is 8.01. The van der Waals surface area contributed by atoms with Crippen molar-refractivity contribution in [3.63, 3.8) is 0 Å². The van der Waals surface area contributed by atoms with Crippen molar-refractivity contribution in [1.82, 2.24) is 0 Å². The zero-order chi connectivity index (χ0) is 11.2. The Bertz CT molecular complexity index is 434. The lowest BCUT2D eigenvalue weighted by atomic mass is 10.1. The molecule has 1 aromatic heterocycles. The van der Waals surface area contributed by atoms with E-state index in [0.717, 1.165) is 11.4 Å². The second-order valence-electron chi connectivity index (χ2n) is 4.45. The molecule has 0 amide bonds. The fraction of sp³-hybridized carbons (Fsp3) is 0.545. The van der Waals surface area contributed by atoms with Gasteiger partial charge >= 0.3 is 5.97 Å². The highest BCUT2D eigenvalue weighted by atomic mass is 32.2. The monoisotopic (exact) mass is 239 g/mol. The van der Waals surface area contributed by atoms with Crippen LogP contribution in [0.4, 0.5) is 5.69 Å². The number of carbonyl (C=O) groups is 1. The van der Waals surface area contributed by atoms with Gasteiger partial charge in [0.05, 0.1) is 4.90 Å². The normalized spacial score (nSPS) is 21.8. The van der Waals surface area contributed by atoms with Crippen LogP contribution in [0.5, 0.6) is 0 Å². The molecule has 0 radical (unpaired) electrons. The second kappa shape index (κ2) is 3.45. The van der Waals surface area contributed by atoms with Crippen molar-refractivity contribution in [1.29, 1.82) is 0 Å². The van der Waals surface area contributed by atoms with Gasteiger partial charge in [0.1, 0.15) is 12.0 Å². The minimum Gasteiger partial charge on any atom is -0.475 e. The molecule has 1 saturated carbocycles. The first kappa shape index (κ1) is 10.1. The average Bonchev–Trinajstić information content (AvgIpc) is 2.85. The van der Waals surface area contributed by atoms with Gasteiger partial charge in [-0.05, 0) is 12.8 Å². The topological polar surface area (TPSA) is 62.5 Å². The Morgan fingerprint density at radius 3 is 2.94 bits per heavy atom. The lowest BCUT2D eigenvalue weighted by molar-refractivity contribution is 0.0664. The number of anilines is 1. The molecule has 2 N–H and O–H groups in total. The predicted octanol–water partition coefficient (Wildman–Crippen LogP) is 2.81. The number of carboxylic acids is 1. The van der Waals surface area contributed by atoms with Crippen molar-refractivity contribution in [2.45, 2.75) is 35.3 Å². The summed E-state index contributed by atoms with van der Waals surface area (Å²) in [6, 6.07) is 0. The van der Waals surface area contributed by atoms with Gasteiger partial charge in [0.25, 0.3) is 0 Å². The van der Waals surface area contributed by atoms with Gasteiger partial charge < -0.3 is 14.8 Å². The van der Waals surface area contributed by atoms with Crippen LogP contribution in [0.1, 0.15) is 36.2 Å². The number of aromatic carboxylic acids is 1. The lowest BCUT2D eigenvalue weighted by Gasteiger charge is -2.32. The van der Waals surface area contributed by atoms with E-state index in [-0.39, 0.29) is 10.5 Å². The summed E-state index contributed by atoms with van der Waals surface area (Å²) in [5.74, 6) is -0.966. The Labute approximate surface area is 97.4 Å². The molecule has 16 heavy (non-hydrogen) atoms. The standard InChI is InChI=1S/C11H13NO3S/c13-10(14)9-8-7(5-15-9)16-11(6-12-8)3-1-2-4-11/h5,12H,1-4,6H2,(H,13,14). The first-order valence-electron chi connectivity index (χ1n) is 5.48. The van der Waals surface area contributed by atoms with Gasteiger partial charge in [-0.15, -0.1) is 11.8 Å². The van der Waals surface area contributed by atoms with Crippen LogP contribution in [-0.2, 0) is 0 Å². The molecule has 86 valence electrons. The van der Waals surface area contributed by atoms with Crippen LogP contribution in [0, 0.1) is 0 Å². The lowest BCUT2D eigenvalue weighted by Crippen LogP contribution is -2.33. The molecular formula is C11H13NO3S. The number of furan rings is 1. The maximum Gasteiger partial charge on any atom is 0.374 e. The van der Waals surface area contributed by atoms with E-state index in [1.165, 1.54) is 25.7 Å². The smallest absolute Gasteiger partial charge is 0.374 e. The van der Waals surface area contributed by atoms with E-state index in [0.29, 0.717) is 5.69 Å². The van der Waals surface area contributed by atoms with Gasteiger partial charge in [-0.25, -0.2) is 4.79 Å². The Balaban J connectivity index is 1.93. The van der Waals surface area contributed by atoms with E-state index in [1.807, 2.05) is 0 Å². The van der Waals surface area contributed by atoms with Crippen LogP contribution < -0.4 is 5.32 Å². The molecule has 3 rings (SSSR count). The SMILES string of the molecule is O=C(O)c1occ2c1NCC1(CCCC1)S2. The summed E-state index contributed by atoms with van der Waals surface area (Å²) in [4.78, 5) is 11.9. The number of nitrogens with one attached hydrogen (secondary N) is 1. The fourth-order valence-electron chi connectivity index (χ4n) is 2.56. The van der Waals surface area contributed by atoms with Crippen molar-refractivity contribution in [3.05, 3.63) is 12.0 Å². The molecule has 2 heterocycles. The highest BCUT2D eigenvalue weighted by Gasteiger charge is 2.40. The predicted molar refractivity (Wildman–Crippen MR) is 61.2 cm³/mol. The zero-order valence-electron chi connectivity index (χ0n) is 8.78. The molecule has 0 atom stereocenters. The van der Waals surface area contributed by atoms with E-state index < -0.39 is 5.97 Å². The van der Waals surface area contributed by atoms with Gasteiger partial charge in [-0.2, -0.15) is 0 Å². The van der Waals surface area contributed by atoms with E-state index in [1.54, 1.807) is 18.0 Å². The summed E-state index contributed by atoms with van der Waals surface area (Å²) >= 11 is 1.79. The number of fused-ring (bicyclic) bond motifs is 1. The van der Waals surface area contributed by atoms with Crippen LogP contribution in [0.15, 0.2) is 15.6 Å². The highest BCUT2D eigenvalue weighted by Crippen LogP contribution is 2.51. The van der Waals surface area contributed by atoms with Crippen LogP contribution in [0.3, 0.4) is 0 Å². The maximum atomic E-state index is 10.9. The zero-order valence-corrected chi connectivity index (χ0v) is 9.60. The minimum atomic E-state index is -1.00. The molecule has 0 saturated heterocycles. The third-order valence-corrected chi connectivity index (χ3v) is 4.89. The number of carboxylic acid groups (broad SMARTS) is 1. The molecule has 5 heteroatoms. The number of hydrogen-bond acceptors (Lipinski definition) is 4. The van der Waals surface area contributed by atoms with Crippen molar-refractivity contribution in [2.75, 3.05) is 11.9 Å². The molecule has 0 aromatic carbocycles. The minimum absolute atomic E-state index is 0.0374. The molecule has 2 aliphatic rings. The van der Waals surface area contributed by atoms with Gasteiger partial charge in [0.2, 0.25) is 5.76 Å². The third-order valence-electron chi connectivity index (χ3n) is 3.38. The molecule has 1 aliphatic carbocycles. The van der Waals surface area contributed by atoms with Crippen molar-refractivity contribution < 1.29 is 14.3 Å². The van der Waals surface area contributed by atoms with Gasteiger partial charge in [-0.3, -0.25) is 0 Å². The van der Waals surface area contributed by atoms with Crippen molar-refractivity contribution in [3.8, 4) is 0 Å². The molecule has 1 spiro atoms. The van der Waals surface area contributed by atoms with Crippen LogP contribution in [0.2, 0.25) is 0 Å². The Hall–Kier alpha value is -1.10. The third kappa shape index (κ3) is 1.42. The maximum absolute atomic E-state index is 10.9. The van der Waals surface area contributed by atoms with Crippen molar-refractivity contribution >= 4 is 23.4 Å². The first-order valence-corrected chi connectivity index (χ1v) is 6.30. The first-order chi connectivity index (χ1) is 7.70. The Morgan fingerprint density at radius 1 is 1.50 bits per heavy atom. The quantitative estimate of drug-likeness (QED) is 0.789. The van der Waals surface area contributed by atoms with E-state index >= 15 is 0 Å². The van der Waals surface area contributed by atoms with Gasteiger partial charge in [0, 0.05) is 11.3 Å². The average molecular weight is 239 g/mol. The largest absolute Gasteiger partial charge is 0.475 e. The second-order valence-corrected chi connectivity index (χ2v) is 5.96. The Morgan fingerprint density at radius 2 is 2.25 bits per heavy atom. The molecule has 0 bridgehead atoms. The summed E-state index contributed by atoms with van der Waals surface area (Å²) in [6.07, 6.45) is 6.52. The number of hydrogen-bond donors (Lipinski definition) is 2. The summed E-state index contributed by atoms with van der Waals surface area (Å²) in [5.41, 5.74) is 0.662. The molecule has 0 unspecified atom stereocenters. The summed E-state index contributed by atoms with van der Waals surface area (Å²) in [7, 11) is 0. The van der Waals surface area contributed by atoms with Crippen LogP contribution >= 0.6 is 11.8 Å². The molecule has 1 fully saturated rings. The summed E-state index contributed by atoms with van der Waals surface area (Å²) < 4.78 is 5.37.